The molecular formula is C9H13NO2. The summed E-state index contributed by atoms with van der Waals surface area (Å²) in [5.41, 5.74) is 0.842. The average Bonchev–Trinajstić information content (AvgIpc) is 2.15. The molecule has 1 aromatic rings. The second-order valence-corrected chi connectivity index (χ2v) is 2.58. The van der Waals surface area contributed by atoms with Crippen molar-refractivity contribution >= 4 is 0 Å². The van der Waals surface area contributed by atoms with E-state index in [-0.39, 0.29) is 0 Å². The van der Waals surface area contributed by atoms with Crippen LogP contribution in [0, 0.1) is 0 Å². The van der Waals surface area contributed by atoms with Crippen molar-refractivity contribution in [1.82, 2.24) is 4.98 Å². The second kappa shape index (κ2) is 4.85. The second-order valence-electron chi connectivity index (χ2n) is 2.58. The standard InChI is InChI=1S/C9H13NO2/c1-12-6-4-9(11)8-3-2-5-10-7-8/h2-3,5,7,9,11H,4,6H2,1H3. The van der Waals surface area contributed by atoms with Gasteiger partial charge in [0.1, 0.15) is 0 Å². The zero-order valence-electron chi connectivity index (χ0n) is 7.10. The molecule has 0 amide bonds. The summed E-state index contributed by atoms with van der Waals surface area (Å²) in [6.45, 7) is 0.566. The third-order valence-corrected chi connectivity index (χ3v) is 1.66. The van der Waals surface area contributed by atoms with E-state index in [2.05, 4.69) is 4.98 Å². The van der Waals surface area contributed by atoms with Gasteiger partial charge >= 0.3 is 0 Å². The van der Waals surface area contributed by atoms with Crippen LogP contribution in [0.4, 0.5) is 0 Å². The molecule has 0 aliphatic heterocycles. The minimum absolute atomic E-state index is 0.460. The molecule has 1 heterocycles. The van der Waals surface area contributed by atoms with Crippen LogP contribution in [0.1, 0.15) is 18.1 Å². The summed E-state index contributed by atoms with van der Waals surface area (Å²) in [5.74, 6) is 0. The van der Waals surface area contributed by atoms with Crippen LogP contribution in [0.2, 0.25) is 0 Å². The lowest BCUT2D eigenvalue weighted by atomic mass is 10.1. The Labute approximate surface area is 72.0 Å². The van der Waals surface area contributed by atoms with Crippen molar-refractivity contribution in [3.05, 3.63) is 30.1 Å². The quantitative estimate of drug-likeness (QED) is 0.731. The predicted molar refractivity (Wildman–Crippen MR) is 45.7 cm³/mol. The van der Waals surface area contributed by atoms with E-state index in [1.807, 2.05) is 12.1 Å². The molecule has 1 unspecified atom stereocenters. The van der Waals surface area contributed by atoms with Gasteiger partial charge in [-0.3, -0.25) is 4.98 Å². The molecule has 0 aliphatic rings. The molecule has 1 atom stereocenters. The Morgan fingerprint density at radius 1 is 1.67 bits per heavy atom. The van der Waals surface area contributed by atoms with Crippen LogP contribution in [0.5, 0.6) is 0 Å². The summed E-state index contributed by atoms with van der Waals surface area (Å²) in [6.07, 6.45) is 3.51. The maximum atomic E-state index is 9.53. The van der Waals surface area contributed by atoms with E-state index in [4.69, 9.17) is 4.74 Å². The number of hydrogen-bond acceptors (Lipinski definition) is 3. The number of nitrogens with zero attached hydrogens (tertiary/aromatic N) is 1. The molecule has 3 nitrogen and oxygen atoms in total. The molecule has 0 saturated carbocycles. The highest BCUT2D eigenvalue weighted by Gasteiger charge is 2.05. The van der Waals surface area contributed by atoms with E-state index in [0.29, 0.717) is 13.0 Å². The first-order valence-electron chi connectivity index (χ1n) is 3.91. The van der Waals surface area contributed by atoms with E-state index in [1.54, 1.807) is 19.5 Å². The number of hydrogen-bond donors (Lipinski definition) is 1. The number of aromatic nitrogens is 1. The summed E-state index contributed by atoms with van der Waals surface area (Å²) >= 11 is 0. The highest BCUT2D eigenvalue weighted by molar-refractivity contribution is 5.11. The largest absolute Gasteiger partial charge is 0.388 e. The number of rotatable bonds is 4. The van der Waals surface area contributed by atoms with Crippen molar-refractivity contribution < 1.29 is 9.84 Å². The molecule has 0 aromatic carbocycles. The molecule has 0 spiro atoms. The van der Waals surface area contributed by atoms with Crippen molar-refractivity contribution in [2.75, 3.05) is 13.7 Å². The SMILES string of the molecule is COCCC(O)c1cccnc1. The van der Waals surface area contributed by atoms with Crippen molar-refractivity contribution in [2.24, 2.45) is 0 Å². The maximum Gasteiger partial charge on any atom is 0.0826 e. The van der Waals surface area contributed by atoms with Crippen LogP contribution < -0.4 is 0 Å². The molecule has 12 heavy (non-hydrogen) atoms. The lowest BCUT2D eigenvalue weighted by Crippen LogP contribution is -2.01. The Morgan fingerprint density at radius 2 is 2.50 bits per heavy atom. The number of pyridine rings is 1. The van der Waals surface area contributed by atoms with Gasteiger partial charge in [-0.1, -0.05) is 6.07 Å². The van der Waals surface area contributed by atoms with Crippen LogP contribution in [0.25, 0.3) is 0 Å². The number of methoxy groups -OCH3 is 1. The highest BCUT2D eigenvalue weighted by Crippen LogP contribution is 2.14. The molecular weight excluding hydrogens is 154 g/mol. The van der Waals surface area contributed by atoms with Crippen LogP contribution in [-0.4, -0.2) is 23.8 Å². The topological polar surface area (TPSA) is 42.4 Å². The first kappa shape index (κ1) is 9.16. The predicted octanol–water partition coefficient (Wildman–Crippen LogP) is 1.15. The van der Waals surface area contributed by atoms with E-state index >= 15 is 0 Å². The van der Waals surface area contributed by atoms with Crippen molar-refractivity contribution in [2.45, 2.75) is 12.5 Å². The molecule has 0 saturated heterocycles. The van der Waals surface area contributed by atoms with Crippen LogP contribution >= 0.6 is 0 Å². The van der Waals surface area contributed by atoms with Gasteiger partial charge in [-0.15, -0.1) is 0 Å². The smallest absolute Gasteiger partial charge is 0.0826 e. The van der Waals surface area contributed by atoms with Gasteiger partial charge in [0.2, 0.25) is 0 Å². The first-order chi connectivity index (χ1) is 5.84. The highest BCUT2D eigenvalue weighted by atomic mass is 16.5. The Kier molecular flexibility index (Phi) is 3.70. The van der Waals surface area contributed by atoms with Gasteiger partial charge in [-0.05, 0) is 11.6 Å². The Morgan fingerprint density at radius 3 is 3.08 bits per heavy atom. The summed E-state index contributed by atoms with van der Waals surface area (Å²) in [7, 11) is 1.62. The molecule has 0 aliphatic carbocycles. The maximum absolute atomic E-state index is 9.53. The van der Waals surface area contributed by atoms with Gasteiger partial charge in [-0.25, -0.2) is 0 Å². The zero-order chi connectivity index (χ0) is 8.81. The fourth-order valence-electron chi connectivity index (χ4n) is 0.969. The van der Waals surface area contributed by atoms with Gasteiger partial charge in [-0.2, -0.15) is 0 Å². The van der Waals surface area contributed by atoms with Gasteiger partial charge in [0.05, 0.1) is 6.10 Å². The molecule has 0 fully saturated rings. The van der Waals surface area contributed by atoms with E-state index < -0.39 is 6.10 Å². The summed E-state index contributed by atoms with van der Waals surface area (Å²) in [4.78, 5) is 3.91. The van der Waals surface area contributed by atoms with E-state index in [0.717, 1.165) is 5.56 Å². The Hall–Kier alpha value is -0.930. The van der Waals surface area contributed by atoms with E-state index in [9.17, 15) is 5.11 Å². The van der Waals surface area contributed by atoms with Crippen LogP contribution in [-0.2, 0) is 4.74 Å². The van der Waals surface area contributed by atoms with E-state index in [1.165, 1.54) is 0 Å². The lowest BCUT2D eigenvalue weighted by Gasteiger charge is -2.08. The summed E-state index contributed by atoms with van der Waals surface area (Å²) < 4.78 is 4.85. The fourth-order valence-corrected chi connectivity index (χ4v) is 0.969. The molecule has 0 bridgehead atoms. The van der Waals surface area contributed by atoms with Crippen molar-refractivity contribution in [3.63, 3.8) is 0 Å². The zero-order valence-corrected chi connectivity index (χ0v) is 7.10. The first-order valence-corrected chi connectivity index (χ1v) is 3.91. The van der Waals surface area contributed by atoms with Crippen LogP contribution in [0.3, 0.4) is 0 Å². The van der Waals surface area contributed by atoms with Gasteiger partial charge in [0.25, 0.3) is 0 Å². The van der Waals surface area contributed by atoms with Gasteiger partial charge in [0, 0.05) is 32.5 Å². The Bertz CT molecular complexity index is 213. The summed E-state index contributed by atoms with van der Waals surface area (Å²) in [6, 6.07) is 3.67. The number of ether oxygens (including phenoxy) is 1. The molecule has 0 radical (unpaired) electrons. The van der Waals surface area contributed by atoms with Gasteiger partial charge in [0.15, 0.2) is 0 Å². The molecule has 66 valence electrons. The number of aliphatic hydroxyl groups is 1. The minimum atomic E-state index is -0.460. The fraction of sp³-hybridized carbons (Fsp3) is 0.444. The minimum Gasteiger partial charge on any atom is -0.388 e. The number of aliphatic hydroxyl groups excluding tert-OH is 1. The molecule has 1 N–H and O–H groups in total. The monoisotopic (exact) mass is 167 g/mol. The molecule has 3 heteroatoms. The third kappa shape index (κ3) is 2.60. The molecule has 1 rings (SSSR count). The third-order valence-electron chi connectivity index (χ3n) is 1.66. The lowest BCUT2D eigenvalue weighted by molar-refractivity contribution is 0.110. The molecule has 1 aromatic heterocycles. The summed E-state index contributed by atoms with van der Waals surface area (Å²) in [5, 5.41) is 9.53. The normalized spacial score (nSPS) is 12.8. The van der Waals surface area contributed by atoms with Crippen molar-refractivity contribution in [1.29, 1.82) is 0 Å². The average molecular weight is 167 g/mol. The van der Waals surface area contributed by atoms with Gasteiger partial charge < -0.3 is 9.84 Å². The van der Waals surface area contributed by atoms with Crippen molar-refractivity contribution in [3.8, 4) is 0 Å². The van der Waals surface area contributed by atoms with Crippen LogP contribution in [0.15, 0.2) is 24.5 Å². The Balaban J connectivity index is 2.48.